The lowest BCUT2D eigenvalue weighted by atomic mass is 10.0. The molecule has 0 aliphatic rings. The molecular weight excluding hydrogens is 267 g/mol. The van der Waals surface area contributed by atoms with Crippen molar-refractivity contribution in [2.75, 3.05) is 0 Å². The predicted octanol–water partition coefficient (Wildman–Crippen LogP) is 4.08. The first-order chi connectivity index (χ1) is 10.2. The van der Waals surface area contributed by atoms with Crippen molar-refractivity contribution in [3.8, 4) is 11.1 Å². The van der Waals surface area contributed by atoms with Crippen molar-refractivity contribution < 1.29 is 9.60 Å². The van der Waals surface area contributed by atoms with Crippen LogP contribution in [0.3, 0.4) is 0 Å². The van der Waals surface area contributed by atoms with E-state index in [1.165, 1.54) is 18.3 Å². The topological polar surface area (TPSA) is 45.0 Å². The Morgan fingerprint density at radius 1 is 1.19 bits per heavy atom. The number of hydrogen-bond donors (Lipinski definition) is 1. The summed E-state index contributed by atoms with van der Waals surface area (Å²) in [4.78, 5) is 3.54. The first kappa shape index (κ1) is 14.7. The standard InChI is InChI=1S/C17H15FN2O/c1-19-10-9-15(20-21)11-13-7-8-16(17(18)12-13)14-5-3-2-4-6-14/h2-10,12,21H,1,11H2/b10-9+,20-15+. The molecule has 0 fully saturated rings. The van der Waals surface area contributed by atoms with Crippen LogP contribution in [0.1, 0.15) is 5.56 Å². The second-order valence-electron chi connectivity index (χ2n) is 4.45. The lowest BCUT2D eigenvalue weighted by Gasteiger charge is -2.06. The zero-order chi connectivity index (χ0) is 15.1. The van der Waals surface area contributed by atoms with E-state index in [1.807, 2.05) is 36.4 Å². The number of nitrogens with zero attached hydrogens (tertiary/aromatic N) is 2. The van der Waals surface area contributed by atoms with E-state index >= 15 is 0 Å². The Morgan fingerprint density at radius 2 is 1.95 bits per heavy atom. The van der Waals surface area contributed by atoms with Crippen molar-refractivity contribution in [1.29, 1.82) is 0 Å². The van der Waals surface area contributed by atoms with Gasteiger partial charge in [-0.1, -0.05) is 47.6 Å². The summed E-state index contributed by atoms with van der Waals surface area (Å²) in [5.74, 6) is -0.304. The molecule has 2 aromatic carbocycles. The predicted molar refractivity (Wildman–Crippen MR) is 83.5 cm³/mol. The molecule has 0 aliphatic heterocycles. The van der Waals surface area contributed by atoms with Crippen molar-refractivity contribution >= 4 is 12.4 Å². The molecule has 0 bridgehead atoms. The van der Waals surface area contributed by atoms with Crippen LogP contribution in [0, 0.1) is 5.82 Å². The molecule has 3 nitrogen and oxygen atoms in total. The van der Waals surface area contributed by atoms with Crippen molar-refractivity contribution in [2.45, 2.75) is 6.42 Å². The van der Waals surface area contributed by atoms with E-state index in [4.69, 9.17) is 5.21 Å². The Hall–Kier alpha value is -2.75. The number of allylic oxidation sites excluding steroid dienone is 1. The molecule has 0 atom stereocenters. The quantitative estimate of drug-likeness (QED) is 0.501. The summed E-state index contributed by atoms with van der Waals surface area (Å²) in [6, 6.07) is 14.3. The maximum absolute atomic E-state index is 14.2. The summed E-state index contributed by atoms with van der Waals surface area (Å²) < 4.78 is 14.2. The molecule has 0 radical (unpaired) electrons. The summed E-state index contributed by atoms with van der Waals surface area (Å²) in [5, 5.41) is 12.0. The third-order valence-electron chi connectivity index (χ3n) is 3.00. The molecular formula is C17H15FN2O. The van der Waals surface area contributed by atoms with Crippen molar-refractivity contribution in [3.63, 3.8) is 0 Å². The van der Waals surface area contributed by atoms with Gasteiger partial charge in [0.2, 0.25) is 0 Å². The van der Waals surface area contributed by atoms with Gasteiger partial charge in [-0.2, -0.15) is 0 Å². The second kappa shape index (κ2) is 7.14. The zero-order valence-corrected chi connectivity index (χ0v) is 11.4. The lowest BCUT2D eigenvalue weighted by Crippen LogP contribution is -2.00. The molecule has 0 aliphatic carbocycles. The van der Waals surface area contributed by atoms with Crippen LogP contribution in [0.4, 0.5) is 4.39 Å². The Bertz CT molecular complexity index is 678. The van der Waals surface area contributed by atoms with E-state index in [9.17, 15) is 4.39 Å². The van der Waals surface area contributed by atoms with Gasteiger partial charge in [0.05, 0.1) is 5.71 Å². The minimum absolute atomic E-state index is 0.304. The van der Waals surface area contributed by atoms with E-state index in [0.717, 1.165) is 5.56 Å². The Kier molecular flexibility index (Phi) is 4.99. The van der Waals surface area contributed by atoms with Crippen LogP contribution < -0.4 is 0 Å². The van der Waals surface area contributed by atoms with Gasteiger partial charge in [0.25, 0.3) is 0 Å². The SMILES string of the molecule is C=N/C=C/C(Cc1ccc(-c2ccccc2)c(F)c1)=N\O. The molecule has 0 unspecified atom stereocenters. The molecule has 106 valence electrons. The summed E-state index contributed by atoms with van der Waals surface area (Å²) in [5.41, 5.74) is 2.47. The van der Waals surface area contributed by atoms with Crippen molar-refractivity contribution in [3.05, 3.63) is 72.2 Å². The molecule has 21 heavy (non-hydrogen) atoms. The monoisotopic (exact) mass is 282 g/mol. The van der Waals surface area contributed by atoms with Crippen LogP contribution in [0.2, 0.25) is 0 Å². The van der Waals surface area contributed by atoms with Gasteiger partial charge in [0.1, 0.15) is 5.82 Å². The molecule has 0 amide bonds. The number of aliphatic imine (C=N–C) groups is 1. The van der Waals surface area contributed by atoms with Gasteiger partial charge in [0.15, 0.2) is 0 Å². The first-order valence-electron chi connectivity index (χ1n) is 6.41. The van der Waals surface area contributed by atoms with Crippen LogP contribution in [0.25, 0.3) is 11.1 Å². The van der Waals surface area contributed by atoms with Crippen molar-refractivity contribution in [1.82, 2.24) is 0 Å². The fourth-order valence-corrected chi connectivity index (χ4v) is 2.00. The molecule has 0 heterocycles. The highest BCUT2D eigenvalue weighted by Gasteiger charge is 2.07. The first-order valence-corrected chi connectivity index (χ1v) is 6.41. The number of halogens is 1. The highest BCUT2D eigenvalue weighted by atomic mass is 19.1. The molecule has 0 saturated heterocycles. The highest BCUT2D eigenvalue weighted by molar-refractivity contribution is 5.96. The number of hydrogen-bond acceptors (Lipinski definition) is 3. The molecule has 2 rings (SSSR count). The van der Waals surface area contributed by atoms with E-state index < -0.39 is 0 Å². The zero-order valence-electron chi connectivity index (χ0n) is 11.4. The third-order valence-corrected chi connectivity index (χ3v) is 3.00. The minimum Gasteiger partial charge on any atom is -0.411 e. The van der Waals surface area contributed by atoms with Gasteiger partial charge in [-0.15, -0.1) is 0 Å². The van der Waals surface area contributed by atoms with E-state index in [-0.39, 0.29) is 5.82 Å². The average molecular weight is 282 g/mol. The minimum atomic E-state index is -0.304. The molecule has 4 heteroatoms. The number of benzene rings is 2. The Morgan fingerprint density at radius 3 is 2.57 bits per heavy atom. The number of oxime groups is 1. The third kappa shape index (κ3) is 3.86. The maximum atomic E-state index is 14.2. The fraction of sp³-hybridized carbons (Fsp3) is 0.0588. The lowest BCUT2D eigenvalue weighted by molar-refractivity contribution is 0.318. The second-order valence-corrected chi connectivity index (χ2v) is 4.45. The van der Waals surface area contributed by atoms with Crippen molar-refractivity contribution in [2.24, 2.45) is 10.1 Å². The molecule has 0 spiro atoms. The molecule has 0 saturated carbocycles. The summed E-state index contributed by atoms with van der Waals surface area (Å²) in [6.45, 7) is 3.30. The highest BCUT2D eigenvalue weighted by Crippen LogP contribution is 2.23. The fourth-order valence-electron chi connectivity index (χ4n) is 2.00. The molecule has 2 aromatic rings. The van der Waals surface area contributed by atoms with Crippen LogP contribution in [-0.2, 0) is 6.42 Å². The van der Waals surface area contributed by atoms with Gasteiger partial charge >= 0.3 is 0 Å². The molecule has 0 aromatic heterocycles. The van der Waals surface area contributed by atoms with Gasteiger partial charge in [-0.3, -0.25) is 4.99 Å². The maximum Gasteiger partial charge on any atom is 0.131 e. The molecule has 1 N–H and O–H groups in total. The Balaban J connectivity index is 2.23. The van der Waals surface area contributed by atoms with Gasteiger partial charge in [-0.05, 0) is 30.0 Å². The van der Waals surface area contributed by atoms with E-state index in [2.05, 4.69) is 16.9 Å². The normalized spacial score (nSPS) is 11.8. The smallest absolute Gasteiger partial charge is 0.131 e. The average Bonchev–Trinajstić information content (AvgIpc) is 2.52. The van der Waals surface area contributed by atoms with Crippen LogP contribution >= 0.6 is 0 Å². The van der Waals surface area contributed by atoms with E-state index in [0.29, 0.717) is 23.3 Å². The van der Waals surface area contributed by atoms with E-state index in [1.54, 1.807) is 6.07 Å². The summed E-state index contributed by atoms with van der Waals surface area (Å²) in [6.07, 6.45) is 3.26. The van der Waals surface area contributed by atoms with Crippen LogP contribution in [0.15, 0.2) is 71.0 Å². The van der Waals surface area contributed by atoms with Gasteiger partial charge in [0, 0.05) is 18.2 Å². The van der Waals surface area contributed by atoms with Crippen LogP contribution in [-0.4, -0.2) is 17.6 Å². The number of rotatable bonds is 5. The van der Waals surface area contributed by atoms with Crippen LogP contribution in [0.5, 0.6) is 0 Å². The summed E-state index contributed by atoms with van der Waals surface area (Å²) >= 11 is 0. The van der Waals surface area contributed by atoms with Gasteiger partial charge in [-0.25, -0.2) is 4.39 Å². The Labute approximate surface area is 122 Å². The largest absolute Gasteiger partial charge is 0.411 e. The summed E-state index contributed by atoms with van der Waals surface area (Å²) in [7, 11) is 0. The van der Waals surface area contributed by atoms with Gasteiger partial charge < -0.3 is 5.21 Å².